The van der Waals surface area contributed by atoms with Crippen molar-refractivity contribution in [1.29, 1.82) is 0 Å². The molecule has 0 amide bonds. The number of rotatable bonds is 7. The predicted molar refractivity (Wildman–Crippen MR) is 82.5 cm³/mol. The van der Waals surface area contributed by atoms with Crippen LogP contribution in [-0.2, 0) is 11.3 Å². The summed E-state index contributed by atoms with van der Waals surface area (Å²) < 4.78 is 6.66. The van der Waals surface area contributed by atoms with Crippen molar-refractivity contribution < 1.29 is 4.74 Å². The molecule has 20 heavy (non-hydrogen) atoms. The highest BCUT2D eigenvalue weighted by Gasteiger charge is 2.09. The SMILES string of the molecule is CCCNc1nc(-c2cccn(CCOC)c2=O)cs1. The average Bonchev–Trinajstić information content (AvgIpc) is 2.92. The molecule has 5 nitrogen and oxygen atoms in total. The monoisotopic (exact) mass is 293 g/mol. The summed E-state index contributed by atoms with van der Waals surface area (Å²) in [5, 5.41) is 6.00. The Hall–Kier alpha value is -1.66. The Morgan fingerprint density at radius 2 is 2.35 bits per heavy atom. The average molecular weight is 293 g/mol. The number of nitrogens with one attached hydrogen (secondary N) is 1. The number of thiazole rings is 1. The van der Waals surface area contributed by atoms with Gasteiger partial charge >= 0.3 is 0 Å². The number of anilines is 1. The normalized spacial score (nSPS) is 10.7. The number of pyridine rings is 1. The van der Waals surface area contributed by atoms with E-state index in [0.717, 1.165) is 23.8 Å². The van der Waals surface area contributed by atoms with Gasteiger partial charge in [0.25, 0.3) is 5.56 Å². The molecule has 0 aliphatic heterocycles. The Morgan fingerprint density at radius 1 is 1.50 bits per heavy atom. The minimum atomic E-state index is -0.0307. The third kappa shape index (κ3) is 3.46. The minimum absolute atomic E-state index is 0.0307. The van der Waals surface area contributed by atoms with Crippen molar-refractivity contribution >= 4 is 16.5 Å². The van der Waals surface area contributed by atoms with E-state index in [4.69, 9.17) is 4.74 Å². The number of hydrogen-bond acceptors (Lipinski definition) is 5. The smallest absolute Gasteiger partial charge is 0.260 e. The third-order valence-electron chi connectivity index (χ3n) is 2.86. The predicted octanol–water partition coefficient (Wildman–Crippen LogP) is 2.44. The molecule has 0 saturated heterocycles. The molecular formula is C14H19N3O2S. The van der Waals surface area contributed by atoms with E-state index >= 15 is 0 Å². The highest BCUT2D eigenvalue weighted by molar-refractivity contribution is 7.14. The molecule has 0 radical (unpaired) electrons. The molecule has 108 valence electrons. The topological polar surface area (TPSA) is 56.1 Å². The maximum absolute atomic E-state index is 12.4. The maximum atomic E-state index is 12.4. The zero-order valence-corrected chi connectivity index (χ0v) is 12.6. The Kier molecular flexibility index (Phi) is 5.31. The lowest BCUT2D eigenvalue weighted by Gasteiger charge is -2.06. The van der Waals surface area contributed by atoms with Crippen LogP contribution in [0, 0.1) is 0 Å². The van der Waals surface area contributed by atoms with Gasteiger partial charge in [-0.3, -0.25) is 4.79 Å². The molecule has 0 aliphatic rings. The van der Waals surface area contributed by atoms with E-state index in [9.17, 15) is 4.79 Å². The number of nitrogens with zero attached hydrogens (tertiary/aromatic N) is 2. The Morgan fingerprint density at radius 3 is 3.10 bits per heavy atom. The first-order valence-corrected chi connectivity index (χ1v) is 7.52. The van der Waals surface area contributed by atoms with Gasteiger partial charge in [-0.15, -0.1) is 11.3 Å². The summed E-state index contributed by atoms with van der Waals surface area (Å²) in [6, 6.07) is 3.68. The molecule has 0 bridgehead atoms. The van der Waals surface area contributed by atoms with E-state index in [0.29, 0.717) is 18.7 Å². The first-order chi connectivity index (χ1) is 9.76. The summed E-state index contributed by atoms with van der Waals surface area (Å²) in [5.74, 6) is 0. The molecule has 0 aliphatic carbocycles. The van der Waals surface area contributed by atoms with Gasteiger partial charge in [0.1, 0.15) is 0 Å². The van der Waals surface area contributed by atoms with Crippen LogP contribution in [0.3, 0.4) is 0 Å². The molecule has 2 rings (SSSR count). The molecule has 6 heteroatoms. The summed E-state index contributed by atoms with van der Waals surface area (Å²) in [6.07, 6.45) is 2.82. The van der Waals surface area contributed by atoms with Gasteiger partial charge in [0.05, 0.1) is 17.9 Å². The highest BCUT2D eigenvalue weighted by atomic mass is 32.1. The molecule has 2 aromatic rings. The third-order valence-corrected chi connectivity index (χ3v) is 3.66. The fourth-order valence-electron chi connectivity index (χ4n) is 1.81. The quantitative estimate of drug-likeness (QED) is 0.852. The highest BCUT2D eigenvalue weighted by Crippen LogP contribution is 2.22. The molecule has 0 fully saturated rings. The van der Waals surface area contributed by atoms with Crippen LogP contribution in [0.25, 0.3) is 11.3 Å². The van der Waals surface area contributed by atoms with Crippen LogP contribution in [0.1, 0.15) is 13.3 Å². The molecule has 0 saturated carbocycles. The number of aromatic nitrogens is 2. The largest absolute Gasteiger partial charge is 0.383 e. The van der Waals surface area contributed by atoms with Crippen LogP contribution in [-0.4, -0.2) is 29.8 Å². The van der Waals surface area contributed by atoms with Crippen LogP contribution < -0.4 is 10.9 Å². The van der Waals surface area contributed by atoms with Crippen molar-refractivity contribution in [3.63, 3.8) is 0 Å². The van der Waals surface area contributed by atoms with E-state index < -0.39 is 0 Å². The lowest BCUT2D eigenvalue weighted by molar-refractivity contribution is 0.186. The standard InChI is InChI=1S/C14H19N3O2S/c1-3-6-15-14-16-12(10-20-14)11-5-4-7-17(13(11)18)8-9-19-2/h4-5,7,10H,3,6,8-9H2,1-2H3,(H,15,16). The van der Waals surface area contributed by atoms with Crippen molar-refractivity contribution in [1.82, 2.24) is 9.55 Å². The van der Waals surface area contributed by atoms with Crippen LogP contribution in [0.4, 0.5) is 5.13 Å². The summed E-state index contributed by atoms with van der Waals surface area (Å²) >= 11 is 1.52. The van der Waals surface area contributed by atoms with Crippen LogP contribution in [0.5, 0.6) is 0 Å². The molecule has 0 aromatic carbocycles. The summed E-state index contributed by atoms with van der Waals surface area (Å²) in [6.45, 7) is 4.06. The van der Waals surface area contributed by atoms with Gasteiger partial charge in [-0.25, -0.2) is 4.98 Å². The molecular weight excluding hydrogens is 274 g/mol. The summed E-state index contributed by atoms with van der Waals surface area (Å²) in [7, 11) is 1.63. The number of ether oxygens (including phenoxy) is 1. The van der Waals surface area contributed by atoms with E-state index in [1.165, 1.54) is 11.3 Å². The van der Waals surface area contributed by atoms with Gasteiger partial charge < -0.3 is 14.6 Å². The fourth-order valence-corrected chi connectivity index (χ4v) is 2.55. The van der Waals surface area contributed by atoms with Gasteiger partial charge in [-0.1, -0.05) is 6.92 Å². The second-order valence-corrected chi connectivity index (χ2v) is 5.24. The van der Waals surface area contributed by atoms with Crippen molar-refractivity contribution in [2.45, 2.75) is 19.9 Å². The van der Waals surface area contributed by atoms with Crippen molar-refractivity contribution in [2.75, 3.05) is 25.6 Å². The van der Waals surface area contributed by atoms with E-state index in [-0.39, 0.29) is 5.56 Å². The van der Waals surface area contributed by atoms with Gasteiger partial charge in [0, 0.05) is 31.8 Å². The van der Waals surface area contributed by atoms with Gasteiger partial charge in [0.2, 0.25) is 0 Å². The van der Waals surface area contributed by atoms with E-state index in [2.05, 4.69) is 17.2 Å². The Balaban J connectivity index is 2.24. The van der Waals surface area contributed by atoms with Gasteiger partial charge in [-0.05, 0) is 18.6 Å². The first-order valence-electron chi connectivity index (χ1n) is 6.64. The van der Waals surface area contributed by atoms with E-state index in [1.54, 1.807) is 17.9 Å². The number of methoxy groups -OCH3 is 1. The maximum Gasteiger partial charge on any atom is 0.260 e. The fraction of sp³-hybridized carbons (Fsp3) is 0.429. The minimum Gasteiger partial charge on any atom is -0.383 e. The Bertz CT molecular complexity index is 606. The molecule has 2 aromatic heterocycles. The van der Waals surface area contributed by atoms with Crippen molar-refractivity contribution in [3.8, 4) is 11.3 Å². The lowest BCUT2D eigenvalue weighted by atomic mass is 10.2. The summed E-state index contributed by atoms with van der Waals surface area (Å²) in [4.78, 5) is 16.8. The van der Waals surface area contributed by atoms with Crippen LogP contribution in [0.15, 0.2) is 28.5 Å². The van der Waals surface area contributed by atoms with Gasteiger partial charge in [0.15, 0.2) is 5.13 Å². The van der Waals surface area contributed by atoms with Crippen LogP contribution in [0.2, 0.25) is 0 Å². The molecule has 1 N–H and O–H groups in total. The van der Waals surface area contributed by atoms with Crippen LogP contribution >= 0.6 is 11.3 Å². The first kappa shape index (κ1) is 14.7. The Labute approximate surface area is 122 Å². The zero-order chi connectivity index (χ0) is 14.4. The van der Waals surface area contributed by atoms with E-state index in [1.807, 2.05) is 17.5 Å². The zero-order valence-electron chi connectivity index (χ0n) is 11.8. The molecule has 0 spiro atoms. The molecule has 0 unspecified atom stereocenters. The second-order valence-electron chi connectivity index (χ2n) is 4.38. The molecule has 2 heterocycles. The van der Waals surface area contributed by atoms with Gasteiger partial charge in [-0.2, -0.15) is 0 Å². The van der Waals surface area contributed by atoms with Crippen molar-refractivity contribution in [2.24, 2.45) is 0 Å². The number of hydrogen-bond donors (Lipinski definition) is 1. The van der Waals surface area contributed by atoms with Crippen molar-refractivity contribution in [3.05, 3.63) is 34.1 Å². The second kappa shape index (κ2) is 7.21. The molecule has 0 atom stereocenters. The summed E-state index contributed by atoms with van der Waals surface area (Å²) in [5.41, 5.74) is 1.33. The lowest BCUT2D eigenvalue weighted by Crippen LogP contribution is -2.22.